The third-order valence-corrected chi connectivity index (χ3v) is 2.86. The number of hydrogen-bond acceptors (Lipinski definition) is 3. The predicted octanol–water partition coefficient (Wildman–Crippen LogP) is 1.34. The smallest absolute Gasteiger partial charge is 0.319 e. The average molecular weight is 262 g/mol. The number of H-pyrrole nitrogens is 1. The Labute approximate surface area is 111 Å². The van der Waals surface area contributed by atoms with Crippen LogP contribution in [0.2, 0.25) is 0 Å². The molecule has 0 bridgehead atoms. The highest BCUT2D eigenvalue weighted by molar-refractivity contribution is 5.89. The van der Waals surface area contributed by atoms with E-state index in [0.717, 1.165) is 29.1 Å². The summed E-state index contributed by atoms with van der Waals surface area (Å²) in [5.74, 6) is 0. The van der Waals surface area contributed by atoms with Crippen molar-refractivity contribution >= 4 is 11.7 Å². The lowest BCUT2D eigenvalue weighted by Crippen LogP contribution is -2.28. The number of aromatic nitrogens is 4. The molecule has 7 heteroatoms. The van der Waals surface area contributed by atoms with E-state index in [9.17, 15) is 4.79 Å². The maximum atomic E-state index is 11.8. The summed E-state index contributed by atoms with van der Waals surface area (Å²) in [6.45, 7) is 4.36. The molecule has 0 radical (unpaired) electrons. The molecule has 19 heavy (non-hydrogen) atoms. The minimum absolute atomic E-state index is 0.247. The number of anilines is 1. The summed E-state index contributed by atoms with van der Waals surface area (Å²) in [6.07, 6.45) is 4.27. The molecule has 0 aliphatic carbocycles. The first-order valence-corrected chi connectivity index (χ1v) is 6.16. The monoisotopic (exact) mass is 262 g/mol. The molecular weight excluding hydrogens is 244 g/mol. The quantitative estimate of drug-likeness (QED) is 0.777. The third kappa shape index (κ3) is 3.12. The van der Waals surface area contributed by atoms with E-state index in [4.69, 9.17) is 0 Å². The summed E-state index contributed by atoms with van der Waals surface area (Å²) in [5.41, 5.74) is 3.54. The van der Waals surface area contributed by atoms with Crippen molar-refractivity contribution in [3.63, 3.8) is 0 Å². The van der Waals surface area contributed by atoms with Gasteiger partial charge in [-0.1, -0.05) is 6.92 Å². The van der Waals surface area contributed by atoms with Crippen LogP contribution in [0.3, 0.4) is 0 Å². The Kier molecular flexibility index (Phi) is 3.84. The van der Waals surface area contributed by atoms with E-state index >= 15 is 0 Å². The summed E-state index contributed by atoms with van der Waals surface area (Å²) in [6, 6.07) is -0.247. The molecule has 2 aromatic rings. The van der Waals surface area contributed by atoms with Gasteiger partial charge in [0.25, 0.3) is 0 Å². The van der Waals surface area contributed by atoms with Crippen LogP contribution in [-0.4, -0.2) is 26.0 Å². The first kappa shape index (κ1) is 13.1. The van der Waals surface area contributed by atoms with Crippen molar-refractivity contribution in [3.8, 4) is 0 Å². The normalized spacial score (nSPS) is 10.5. The maximum absolute atomic E-state index is 11.8. The topological polar surface area (TPSA) is 87.6 Å². The van der Waals surface area contributed by atoms with Crippen LogP contribution >= 0.6 is 0 Å². The van der Waals surface area contributed by atoms with Gasteiger partial charge in [0.2, 0.25) is 0 Å². The number of nitrogens with one attached hydrogen (secondary N) is 3. The van der Waals surface area contributed by atoms with Crippen molar-refractivity contribution in [2.45, 2.75) is 26.8 Å². The standard InChI is InChI=1S/C12H18N6O/c1-4-10-11(7-18(3)17-10)15-12(19)13-5-9-6-14-16-8(9)2/h6-7H,4-5H2,1-3H3,(H,14,16)(H2,13,15,19). The molecule has 0 aliphatic rings. The molecular formula is C12H18N6O. The van der Waals surface area contributed by atoms with Crippen molar-refractivity contribution in [1.82, 2.24) is 25.3 Å². The molecule has 2 amide bonds. The zero-order chi connectivity index (χ0) is 13.8. The average Bonchev–Trinajstić information content (AvgIpc) is 2.93. The zero-order valence-corrected chi connectivity index (χ0v) is 11.3. The molecule has 7 nitrogen and oxygen atoms in total. The lowest BCUT2D eigenvalue weighted by Gasteiger charge is -2.06. The van der Waals surface area contributed by atoms with Crippen LogP contribution in [0.4, 0.5) is 10.5 Å². The Morgan fingerprint density at radius 1 is 1.53 bits per heavy atom. The number of aromatic amines is 1. The predicted molar refractivity (Wildman–Crippen MR) is 71.8 cm³/mol. The Morgan fingerprint density at radius 3 is 2.95 bits per heavy atom. The number of aryl methyl sites for hydroxylation is 3. The van der Waals surface area contributed by atoms with E-state index in [1.165, 1.54) is 0 Å². The lowest BCUT2D eigenvalue weighted by atomic mass is 10.3. The lowest BCUT2D eigenvalue weighted by molar-refractivity contribution is 0.251. The Bertz CT molecular complexity index is 571. The van der Waals surface area contributed by atoms with Crippen LogP contribution in [0.15, 0.2) is 12.4 Å². The summed E-state index contributed by atoms with van der Waals surface area (Å²) < 4.78 is 1.69. The van der Waals surface area contributed by atoms with Crippen molar-refractivity contribution in [2.24, 2.45) is 7.05 Å². The van der Waals surface area contributed by atoms with E-state index in [-0.39, 0.29) is 6.03 Å². The number of amides is 2. The van der Waals surface area contributed by atoms with E-state index < -0.39 is 0 Å². The highest BCUT2D eigenvalue weighted by atomic mass is 16.2. The minimum atomic E-state index is -0.247. The second kappa shape index (κ2) is 5.55. The highest BCUT2D eigenvalue weighted by Gasteiger charge is 2.09. The molecule has 0 atom stereocenters. The van der Waals surface area contributed by atoms with Crippen LogP contribution in [0.25, 0.3) is 0 Å². The number of urea groups is 1. The fourth-order valence-corrected chi connectivity index (χ4v) is 1.80. The molecule has 0 aliphatic heterocycles. The van der Waals surface area contributed by atoms with E-state index in [1.54, 1.807) is 17.1 Å². The second-order valence-electron chi connectivity index (χ2n) is 4.34. The Hall–Kier alpha value is -2.31. The molecule has 2 rings (SSSR count). The van der Waals surface area contributed by atoms with Gasteiger partial charge in [0, 0.05) is 31.0 Å². The van der Waals surface area contributed by atoms with Gasteiger partial charge in [-0.25, -0.2) is 4.79 Å². The van der Waals surface area contributed by atoms with Gasteiger partial charge in [0.1, 0.15) is 0 Å². The van der Waals surface area contributed by atoms with Gasteiger partial charge in [-0.3, -0.25) is 9.78 Å². The summed E-state index contributed by atoms with van der Waals surface area (Å²) in [7, 11) is 1.83. The Balaban J connectivity index is 1.92. The van der Waals surface area contributed by atoms with E-state index in [0.29, 0.717) is 6.54 Å². The van der Waals surface area contributed by atoms with Gasteiger partial charge in [-0.05, 0) is 13.3 Å². The number of carbonyl (C=O) groups is 1. The summed E-state index contributed by atoms with van der Waals surface area (Å²) >= 11 is 0. The van der Waals surface area contributed by atoms with Gasteiger partial charge in [0.05, 0.1) is 17.6 Å². The third-order valence-electron chi connectivity index (χ3n) is 2.86. The van der Waals surface area contributed by atoms with E-state index in [2.05, 4.69) is 25.9 Å². The number of hydrogen-bond donors (Lipinski definition) is 3. The molecule has 0 aromatic carbocycles. The van der Waals surface area contributed by atoms with Gasteiger partial charge in [-0.15, -0.1) is 0 Å². The molecule has 0 saturated heterocycles. The highest BCUT2D eigenvalue weighted by Crippen LogP contribution is 2.13. The fourth-order valence-electron chi connectivity index (χ4n) is 1.80. The molecule has 2 aromatic heterocycles. The fraction of sp³-hybridized carbons (Fsp3) is 0.417. The van der Waals surface area contributed by atoms with Crippen molar-refractivity contribution < 1.29 is 4.79 Å². The van der Waals surface area contributed by atoms with E-state index in [1.807, 2.05) is 20.9 Å². The molecule has 0 fully saturated rings. The zero-order valence-electron chi connectivity index (χ0n) is 11.3. The van der Waals surface area contributed by atoms with Crippen LogP contribution in [0.5, 0.6) is 0 Å². The molecule has 0 spiro atoms. The van der Waals surface area contributed by atoms with Crippen LogP contribution in [-0.2, 0) is 20.0 Å². The maximum Gasteiger partial charge on any atom is 0.319 e. The largest absolute Gasteiger partial charge is 0.334 e. The molecule has 102 valence electrons. The number of rotatable bonds is 4. The second-order valence-corrected chi connectivity index (χ2v) is 4.34. The van der Waals surface area contributed by atoms with Gasteiger partial charge < -0.3 is 10.6 Å². The van der Waals surface area contributed by atoms with Gasteiger partial charge >= 0.3 is 6.03 Å². The Morgan fingerprint density at radius 2 is 2.32 bits per heavy atom. The van der Waals surface area contributed by atoms with Gasteiger partial charge in [0.15, 0.2) is 0 Å². The molecule has 3 N–H and O–H groups in total. The molecule has 0 unspecified atom stereocenters. The first-order valence-electron chi connectivity index (χ1n) is 6.16. The molecule has 0 saturated carbocycles. The van der Waals surface area contributed by atoms with Crippen molar-refractivity contribution in [2.75, 3.05) is 5.32 Å². The number of carbonyl (C=O) groups excluding carboxylic acids is 1. The van der Waals surface area contributed by atoms with Crippen molar-refractivity contribution in [3.05, 3.63) is 29.3 Å². The SMILES string of the molecule is CCc1nn(C)cc1NC(=O)NCc1cn[nH]c1C. The van der Waals surface area contributed by atoms with Crippen LogP contribution in [0.1, 0.15) is 23.9 Å². The number of nitrogens with zero attached hydrogens (tertiary/aromatic N) is 3. The van der Waals surface area contributed by atoms with Gasteiger partial charge in [-0.2, -0.15) is 10.2 Å². The summed E-state index contributed by atoms with van der Waals surface area (Å²) in [5, 5.41) is 16.6. The van der Waals surface area contributed by atoms with Crippen LogP contribution < -0.4 is 10.6 Å². The minimum Gasteiger partial charge on any atom is -0.334 e. The first-order chi connectivity index (χ1) is 9.10. The summed E-state index contributed by atoms with van der Waals surface area (Å²) in [4.78, 5) is 11.8. The van der Waals surface area contributed by atoms with Crippen molar-refractivity contribution in [1.29, 1.82) is 0 Å². The molecule has 2 heterocycles. The van der Waals surface area contributed by atoms with Crippen LogP contribution in [0, 0.1) is 6.92 Å².